The van der Waals surface area contributed by atoms with Crippen LogP contribution in [0, 0.1) is 6.92 Å². The van der Waals surface area contributed by atoms with E-state index >= 15 is 0 Å². The Balaban J connectivity index is 1.84. The van der Waals surface area contributed by atoms with Gasteiger partial charge in [0.1, 0.15) is 5.82 Å². The van der Waals surface area contributed by atoms with E-state index in [1.165, 1.54) is 0 Å². The molecule has 1 saturated heterocycles. The fourth-order valence-electron chi connectivity index (χ4n) is 3.09. The van der Waals surface area contributed by atoms with Crippen LogP contribution in [0.3, 0.4) is 0 Å². The van der Waals surface area contributed by atoms with E-state index in [1.54, 1.807) is 28.7 Å². The minimum absolute atomic E-state index is 0.158. The zero-order valence-corrected chi connectivity index (χ0v) is 17.8. The molecule has 0 amide bonds. The second kappa shape index (κ2) is 8.05. The quantitative estimate of drug-likeness (QED) is 0.787. The van der Waals surface area contributed by atoms with Crippen molar-refractivity contribution in [1.82, 2.24) is 14.3 Å². The van der Waals surface area contributed by atoms with Gasteiger partial charge >= 0.3 is 0 Å². The molecular weight excluding hydrogens is 374 g/mol. The fraction of sp³-hybridized carbons (Fsp3) is 0.500. The normalized spacial score (nSPS) is 16.0. The first-order chi connectivity index (χ1) is 13.1. The van der Waals surface area contributed by atoms with Crippen molar-refractivity contribution in [2.45, 2.75) is 57.4 Å². The first-order valence-corrected chi connectivity index (χ1v) is 11.1. The summed E-state index contributed by atoms with van der Waals surface area (Å²) in [7, 11) is -3.47. The second-order valence-corrected chi connectivity index (χ2v) is 10.2. The molecule has 1 aromatic carbocycles. The molecule has 2 aromatic rings. The summed E-state index contributed by atoms with van der Waals surface area (Å²) in [6, 6.07) is 6.91. The van der Waals surface area contributed by atoms with E-state index in [0.29, 0.717) is 35.4 Å². The number of hydrogen-bond donors (Lipinski definition) is 2. The van der Waals surface area contributed by atoms with Gasteiger partial charge in [0.25, 0.3) is 0 Å². The number of hydrogen-bond acceptors (Lipinski definition) is 6. The number of piperidine rings is 1. The number of anilines is 3. The third-order valence-electron chi connectivity index (χ3n) is 4.51. The SMILES string of the molecule is Cc1cnc(NC(C)(C)C)nc1Nc1cccc(S(=O)(=O)N2CCCCC2)c1. The van der Waals surface area contributed by atoms with Crippen LogP contribution in [0.2, 0.25) is 0 Å². The van der Waals surface area contributed by atoms with Gasteiger partial charge in [-0.25, -0.2) is 13.4 Å². The van der Waals surface area contributed by atoms with Crippen LogP contribution in [0.1, 0.15) is 45.6 Å². The molecule has 0 unspecified atom stereocenters. The highest BCUT2D eigenvalue weighted by Crippen LogP contribution is 2.25. The third kappa shape index (κ3) is 4.99. The molecule has 0 aliphatic carbocycles. The summed E-state index contributed by atoms with van der Waals surface area (Å²) in [4.78, 5) is 9.17. The summed E-state index contributed by atoms with van der Waals surface area (Å²) in [6.07, 6.45) is 4.67. The zero-order valence-electron chi connectivity index (χ0n) is 17.0. The molecule has 7 nitrogen and oxygen atoms in total. The number of aryl methyl sites for hydroxylation is 1. The highest BCUT2D eigenvalue weighted by Gasteiger charge is 2.26. The maximum absolute atomic E-state index is 12.9. The van der Waals surface area contributed by atoms with Gasteiger partial charge in [-0.2, -0.15) is 9.29 Å². The van der Waals surface area contributed by atoms with E-state index in [0.717, 1.165) is 24.8 Å². The van der Waals surface area contributed by atoms with E-state index in [1.807, 2.05) is 33.8 Å². The number of sulfonamides is 1. The van der Waals surface area contributed by atoms with E-state index in [-0.39, 0.29) is 5.54 Å². The molecule has 1 aliphatic rings. The Hall–Kier alpha value is -2.19. The maximum atomic E-state index is 12.9. The summed E-state index contributed by atoms with van der Waals surface area (Å²) in [5.74, 6) is 1.17. The van der Waals surface area contributed by atoms with Crippen molar-refractivity contribution < 1.29 is 8.42 Å². The van der Waals surface area contributed by atoms with Crippen molar-refractivity contribution in [2.75, 3.05) is 23.7 Å². The molecule has 2 heterocycles. The average molecular weight is 404 g/mol. The standard InChI is InChI=1S/C20H29N5O2S/c1-15-14-21-19(24-20(2,3)4)23-18(15)22-16-9-8-10-17(13-16)28(26,27)25-11-6-5-7-12-25/h8-10,13-14H,5-7,11-12H2,1-4H3,(H2,21,22,23,24). The average Bonchev–Trinajstić information content (AvgIpc) is 2.64. The molecule has 28 heavy (non-hydrogen) atoms. The van der Waals surface area contributed by atoms with E-state index in [4.69, 9.17) is 0 Å². The highest BCUT2D eigenvalue weighted by atomic mass is 32.2. The molecule has 0 bridgehead atoms. The van der Waals surface area contributed by atoms with Crippen LogP contribution in [-0.2, 0) is 10.0 Å². The van der Waals surface area contributed by atoms with E-state index in [2.05, 4.69) is 20.6 Å². The number of rotatable bonds is 5. The van der Waals surface area contributed by atoms with Gasteiger partial charge < -0.3 is 10.6 Å². The summed E-state index contributed by atoms with van der Waals surface area (Å²) < 4.78 is 27.4. The molecule has 0 saturated carbocycles. The molecule has 3 rings (SSSR count). The van der Waals surface area contributed by atoms with Crippen LogP contribution in [-0.4, -0.2) is 41.3 Å². The molecule has 1 aliphatic heterocycles. The van der Waals surface area contributed by atoms with Crippen LogP contribution >= 0.6 is 0 Å². The molecule has 8 heteroatoms. The van der Waals surface area contributed by atoms with Crippen LogP contribution < -0.4 is 10.6 Å². The Morgan fingerprint density at radius 3 is 2.50 bits per heavy atom. The number of aromatic nitrogens is 2. The lowest BCUT2D eigenvalue weighted by Gasteiger charge is -2.26. The predicted octanol–water partition coefficient (Wildman–Crippen LogP) is 3.91. The first kappa shape index (κ1) is 20.5. The van der Waals surface area contributed by atoms with Crippen molar-refractivity contribution in [1.29, 1.82) is 0 Å². The Morgan fingerprint density at radius 1 is 1.11 bits per heavy atom. The van der Waals surface area contributed by atoms with Crippen molar-refractivity contribution in [3.05, 3.63) is 36.0 Å². The molecule has 2 N–H and O–H groups in total. The van der Waals surface area contributed by atoms with Gasteiger partial charge in [0.2, 0.25) is 16.0 Å². The fourth-order valence-corrected chi connectivity index (χ4v) is 4.65. The largest absolute Gasteiger partial charge is 0.350 e. The lowest BCUT2D eigenvalue weighted by atomic mass is 10.1. The van der Waals surface area contributed by atoms with Gasteiger partial charge in [-0.3, -0.25) is 0 Å². The van der Waals surface area contributed by atoms with Crippen molar-refractivity contribution in [3.8, 4) is 0 Å². The topological polar surface area (TPSA) is 87.2 Å². The maximum Gasteiger partial charge on any atom is 0.243 e. The van der Waals surface area contributed by atoms with Crippen molar-refractivity contribution in [2.24, 2.45) is 0 Å². The van der Waals surface area contributed by atoms with Crippen LogP contribution in [0.5, 0.6) is 0 Å². The molecule has 1 aromatic heterocycles. The number of benzene rings is 1. The Morgan fingerprint density at radius 2 is 1.82 bits per heavy atom. The minimum atomic E-state index is -3.47. The first-order valence-electron chi connectivity index (χ1n) is 9.64. The Labute approximate surface area is 167 Å². The summed E-state index contributed by atoms with van der Waals surface area (Å²) >= 11 is 0. The molecular formula is C20H29N5O2S. The monoisotopic (exact) mass is 403 g/mol. The lowest BCUT2D eigenvalue weighted by molar-refractivity contribution is 0.346. The Bertz CT molecular complexity index is 932. The predicted molar refractivity (Wildman–Crippen MR) is 112 cm³/mol. The Kier molecular flexibility index (Phi) is 5.90. The van der Waals surface area contributed by atoms with Gasteiger partial charge in [-0.05, 0) is 58.7 Å². The number of nitrogens with zero attached hydrogens (tertiary/aromatic N) is 3. The van der Waals surface area contributed by atoms with Crippen LogP contribution in [0.4, 0.5) is 17.5 Å². The summed E-state index contributed by atoms with van der Waals surface area (Å²) in [5, 5.41) is 6.49. The van der Waals surface area contributed by atoms with Crippen LogP contribution in [0.15, 0.2) is 35.4 Å². The second-order valence-electron chi connectivity index (χ2n) is 8.22. The van der Waals surface area contributed by atoms with E-state index < -0.39 is 10.0 Å². The molecule has 1 fully saturated rings. The van der Waals surface area contributed by atoms with Crippen LogP contribution in [0.25, 0.3) is 0 Å². The van der Waals surface area contributed by atoms with Crippen molar-refractivity contribution in [3.63, 3.8) is 0 Å². The summed E-state index contributed by atoms with van der Waals surface area (Å²) in [5.41, 5.74) is 1.40. The molecule has 0 atom stereocenters. The molecule has 0 spiro atoms. The zero-order chi connectivity index (χ0) is 20.4. The smallest absolute Gasteiger partial charge is 0.243 e. The van der Waals surface area contributed by atoms with Gasteiger partial charge in [0.15, 0.2) is 0 Å². The van der Waals surface area contributed by atoms with Gasteiger partial charge in [0.05, 0.1) is 4.90 Å². The highest BCUT2D eigenvalue weighted by molar-refractivity contribution is 7.89. The van der Waals surface area contributed by atoms with Gasteiger partial charge in [-0.15, -0.1) is 0 Å². The van der Waals surface area contributed by atoms with E-state index in [9.17, 15) is 8.42 Å². The summed E-state index contributed by atoms with van der Waals surface area (Å²) in [6.45, 7) is 9.21. The van der Waals surface area contributed by atoms with Gasteiger partial charge in [-0.1, -0.05) is 12.5 Å². The number of nitrogens with one attached hydrogen (secondary N) is 2. The molecule has 0 radical (unpaired) electrons. The van der Waals surface area contributed by atoms with Crippen molar-refractivity contribution >= 4 is 27.5 Å². The molecule has 152 valence electrons. The third-order valence-corrected chi connectivity index (χ3v) is 6.40. The minimum Gasteiger partial charge on any atom is -0.350 e. The van der Waals surface area contributed by atoms with Gasteiger partial charge in [0, 0.05) is 36.1 Å². The lowest BCUT2D eigenvalue weighted by Crippen LogP contribution is -2.35.